The smallest absolute Gasteiger partial charge is 0.244 e. The summed E-state index contributed by atoms with van der Waals surface area (Å²) in [4.78, 5) is 28.5. The summed E-state index contributed by atoms with van der Waals surface area (Å²) in [5.74, 6) is -0.919. The first-order valence-corrected chi connectivity index (χ1v) is 14.9. The first-order chi connectivity index (χ1) is 18.0. The second-order valence-electron chi connectivity index (χ2n) is 9.50. The minimum atomic E-state index is -3.90. The van der Waals surface area contributed by atoms with Crippen LogP contribution in [0.4, 0.5) is 10.1 Å². The fraction of sp³-hybridized carbons (Fsp3) is 0.481. The number of nitrogens with zero attached hydrogens (tertiary/aromatic N) is 2. The van der Waals surface area contributed by atoms with Crippen LogP contribution in [0.2, 0.25) is 5.02 Å². The Morgan fingerprint density at radius 1 is 1.13 bits per heavy atom. The molecule has 0 saturated heterocycles. The fourth-order valence-electron chi connectivity index (χ4n) is 4.67. The van der Waals surface area contributed by atoms with Crippen LogP contribution in [0.5, 0.6) is 5.75 Å². The molecule has 1 N–H and O–H groups in total. The summed E-state index contributed by atoms with van der Waals surface area (Å²) in [6.45, 7) is 1.26. The number of methoxy groups -OCH3 is 1. The predicted molar refractivity (Wildman–Crippen MR) is 146 cm³/mol. The third-order valence-corrected chi connectivity index (χ3v) is 8.14. The van der Waals surface area contributed by atoms with E-state index in [0.29, 0.717) is 17.7 Å². The number of amides is 2. The highest BCUT2D eigenvalue weighted by atomic mass is 35.5. The molecule has 1 fully saturated rings. The number of carbonyl (C=O) groups is 2. The lowest BCUT2D eigenvalue weighted by molar-refractivity contribution is -0.140. The molecule has 38 heavy (non-hydrogen) atoms. The molecule has 1 aliphatic carbocycles. The Morgan fingerprint density at radius 3 is 2.34 bits per heavy atom. The lowest BCUT2D eigenvalue weighted by Gasteiger charge is -2.34. The number of ether oxygens (including phenoxy) is 1. The molecule has 0 aromatic heterocycles. The minimum absolute atomic E-state index is 0.0106. The van der Waals surface area contributed by atoms with Crippen molar-refractivity contribution in [2.75, 3.05) is 24.2 Å². The van der Waals surface area contributed by atoms with Gasteiger partial charge in [-0.05, 0) is 55.2 Å². The van der Waals surface area contributed by atoms with Crippen molar-refractivity contribution >= 4 is 39.1 Å². The highest BCUT2D eigenvalue weighted by molar-refractivity contribution is 7.92. The summed E-state index contributed by atoms with van der Waals surface area (Å²) < 4.78 is 45.1. The van der Waals surface area contributed by atoms with E-state index in [0.717, 1.165) is 42.7 Å². The molecule has 0 aliphatic heterocycles. The highest BCUT2D eigenvalue weighted by Gasteiger charge is 2.33. The molecule has 1 atom stereocenters. The van der Waals surface area contributed by atoms with Gasteiger partial charge >= 0.3 is 0 Å². The molecule has 1 aliphatic rings. The van der Waals surface area contributed by atoms with Crippen LogP contribution in [-0.4, -0.2) is 57.1 Å². The summed E-state index contributed by atoms with van der Waals surface area (Å²) in [5.41, 5.74) is 0.801. The van der Waals surface area contributed by atoms with Crippen LogP contribution >= 0.6 is 11.6 Å². The summed E-state index contributed by atoms with van der Waals surface area (Å²) in [5, 5.41) is 3.27. The van der Waals surface area contributed by atoms with Crippen LogP contribution in [0.25, 0.3) is 0 Å². The summed E-state index contributed by atoms with van der Waals surface area (Å²) in [7, 11) is -2.46. The van der Waals surface area contributed by atoms with Crippen LogP contribution in [0.15, 0.2) is 42.5 Å². The SMILES string of the molecule is CC[C@H](C(=O)NC1CCCCC1)N(Cc1ccc(F)cc1)C(=O)CN(c1ccc(OC)c(Cl)c1)S(C)(=O)=O. The van der Waals surface area contributed by atoms with Gasteiger partial charge in [0.2, 0.25) is 21.8 Å². The van der Waals surface area contributed by atoms with Crippen molar-refractivity contribution in [3.8, 4) is 5.75 Å². The predicted octanol–water partition coefficient (Wildman–Crippen LogP) is 4.51. The molecule has 0 spiro atoms. The molecule has 2 aromatic rings. The van der Waals surface area contributed by atoms with E-state index in [1.165, 1.54) is 42.3 Å². The van der Waals surface area contributed by atoms with Crippen molar-refractivity contribution in [3.63, 3.8) is 0 Å². The maximum Gasteiger partial charge on any atom is 0.244 e. The monoisotopic (exact) mass is 567 g/mol. The Labute approximate surface area is 229 Å². The maximum absolute atomic E-state index is 13.8. The number of halogens is 2. The molecule has 208 valence electrons. The standard InChI is InChI=1S/C27H35ClFN3O5S/c1-4-24(27(34)30-21-8-6-5-7-9-21)31(17-19-10-12-20(29)13-11-19)26(33)18-32(38(3,35)36)22-14-15-25(37-2)23(28)16-22/h10-16,21,24H,4-9,17-18H2,1-3H3,(H,30,34)/t24-/m1/s1. The van der Waals surface area contributed by atoms with Crippen molar-refractivity contribution < 1.29 is 27.1 Å². The first-order valence-electron chi connectivity index (χ1n) is 12.7. The number of benzene rings is 2. The quantitative estimate of drug-likeness (QED) is 0.431. The first kappa shape index (κ1) is 29.7. The second-order valence-corrected chi connectivity index (χ2v) is 11.8. The van der Waals surface area contributed by atoms with Gasteiger partial charge in [-0.3, -0.25) is 13.9 Å². The van der Waals surface area contributed by atoms with Gasteiger partial charge in [0.05, 0.1) is 24.1 Å². The Kier molecular flexibility index (Phi) is 10.4. The van der Waals surface area contributed by atoms with Gasteiger partial charge in [0.1, 0.15) is 24.2 Å². The number of hydrogen-bond donors (Lipinski definition) is 1. The molecule has 0 unspecified atom stereocenters. The molecule has 2 amide bonds. The van der Waals surface area contributed by atoms with E-state index >= 15 is 0 Å². The van der Waals surface area contributed by atoms with Gasteiger partial charge in [0.25, 0.3) is 0 Å². The number of anilines is 1. The topological polar surface area (TPSA) is 96.0 Å². The molecule has 2 aromatic carbocycles. The van der Waals surface area contributed by atoms with Crippen molar-refractivity contribution in [2.45, 2.75) is 64.1 Å². The Hall–Kier alpha value is -2.85. The number of hydrogen-bond acceptors (Lipinski definition) is 5. The Balaban J connectivity index is 1.92. The van der Waals surface area contributed by atoms with Gasteiger partial charge in [-0.15, -0.1) is 0 Å². The molecular formula is C27H35ClFN3O5S. The Bertz CT molecular complexity index is 1220. The third-order valence-electron chi connectivity index (χ3n) is 6.71. The molecule has 8 nitrogen and oxygen atoms in total. The fourth-order valence-corrected chi connectivity index (χ4v) is 5.77. The second kappa shape index (κ2) is 13.3. The van der Waals surface area contributed by atoms with Gasteiger partial charge in [-0.25, -0.2) is 12.8 Å². The maximum atomic E-state index is 13.8. The zero-order valence-electron chi connectivity index (χ0n) is 22.0. The lowest BCUT2D eigenvalue weighted by Crippen LogP contribution is -2.53. The largest absolute Gasteiger partial charge is 0.495 e. The van der Waals surface area contributed by atoms with Crippen molar-refractivity contribution in [3.05, 3.63) is 58.9 Å². The summed E-state index contributed by atoms with van der Waals surface area (Å²) >= 11 is 6.22. The Morgan fingerprint density at radius 2 is 1.79 bits per heavy atom. The average molecular weight is 568 g/mol. The van der Waals surface area contributed by atoms with Crippen molar-refractivity contribution in [1.82, 2.24) is 10.2 Å². The van der Waals surface area contributed by atoms with E-state index in [1.54, 1.807) is 19.1 Å². The summed E-state index contributed by atoms with van der Waals surface area (Å²) in [6.07, 6.45) is 6.29. The minimum Gasteiger partial charge on any atom is -0.495 e. The van der Waals surface area contributed by atoms with Gasteiger partial charge in [-0.1, -0.05) is 49.9 Å². The molecule has 0 heterocycles. The van der Waals surface area contributed by atoms with Gasteiger partial charge in [0, 0.05) is 12.6 Å². The van der Waals surface area contributed by atoms with E-state index in [1.807, 2.05) is 0 Å². The number of carbonyl (C=O) groups excluding carboxylic acids is 2. The molecule has 1 saturated carbocycles. The van der Waals surface area contributed by atoms with Crippen LogP contribution < -0.4 is 14.4 Å². The average Bonchev–Trinajstić information content (AvgIpc) is 2.88. The van der Waals surface area contributed by atoms with Crippen LogP contribution in [0.1, 0.15) is 51.0 Å². The molecule has 0 radical (unpaired) electrons. The molecule has 3 rings (SSSR count). The van der Waals surface area contributed by atoms with Gasteiger partial charge < -0.3 is 15.0 Å². The number of sulfonamides is 1. The zero-order valence-corrected chi connectivity index (χ0v) is 23.5. The highest BCUT2D eigenvalue weighted by Crippen LogP contribution is 2.30. The van der Waals surface area contributed by atoms with E-state index in [9.17, 15) is 22.4 Å². The lowest BCUT2D eigenvalue weighted by atomic mass is 9.95. The number of rotatable bonds is 11. The summed E-state index contributed by atoms with van der Waals surface area (Å²) in [6, 6.07) is 9.27. The van der Waals surface area contributed by atoms with Crippen LogP contribution in [-0.2, 0) is 26.2 Å². The van der Waals surface area contributed by atoms with E-state index in [4.69, 9.17) is 16.3 Å². The zero-order chi connectivity index (χ0) is 27.9. The van der Waals surface area contributed by atoms with E-state index < -0.39 is 34.3 Å². The van der Waals surface area contributed by atoms with Gasteiger partial charge in [-0.2, -0.15) is 0 Å². The third kappa shape index (κ3) is 7.83. The number of nitrogens with one attached hydrogen (secondary N) is 1. The normalized spacial score (nSPS) is 15.0. The van der Waals surface area contributed by atoms with Crippen molar-refractivity contribution in [1.29, 1.82) is 0 Å². The van der Waals surface area contributed by atoms with E-state index in [-0.39, 0.29) is 29.2 Å². The van der Waals surface area contributed by atoms with Crippen LogP contribution in [0, 0.1) is 5.82 Å². The molecule has 11 heteroatoms. The molecular weight excluding hydrogens is 533 g/mol. The molecule has 0 bridgehead atoms. The van der Waals surface area contributed by atoms with Gasteiger partial charge in [0.15, 0.2) is 0 Å². The van der Waals surface area contributed by atoms with E-state index in [2.05, 4.69) is 5.32 Å². The van der Waals surface area contributed by atoms with Crippen molar-refractivity contribution in [2.24, 2.45) is 0 Å². The van der Waals surface area contributed by atoms with Crippen LogP contribution in [0.3, 0.4) is 0 Å².